The number of rotatable bonds is 2. The molecule has 0 bridgehead atoms. The normalized spacial score (nSPS) is 10.7. The number of aromatic amines is 2. The van der Waals surface area contributed by atoms with Crippen LogP contribution in [0.5, 0.6) is 0 Å². The monoisotopic (exact) mass is 256 g/mol. The second-order valence-electron chi connectivity index (χ2n) is 3.29. The molecule has 0 amide bonds. The number of benzene rings is 1. The Morgan fingerprint density at radius 3 is 2.28 bits per heavy atom. The van der Waals surface area contributed by atoms with Gasteiger partial charge in [0.2, 0.25) is 0 Å². The molecule has 4 N–H and O–H groups in total. The third kappa shape index (κ3) is 1.78. The van der Waals surface area contributed by atoms with E-state index in [0.29, 0.717) is 0 Å². The van der Waals surface area contributed by atoms with Gasteiger partial charge in [-0.1, -0.05) is 0 Å². The van der Waals surface area contributed by atoms with Gasteiger partial charge in [0.25, 0.3) is 0 Å². The Morgan fingerprint density at radius 2 is 1.78 bits per heavy atom. The number of H-pyrrole nitrogens is 2. The van der Waals surface area contributed by atoms with Crippen LogP contribution in [-0.2, 0) is 0 Å². The summed E-state index contributed by atoms with van der Waals surface area (Å²) in [6.45, 7) is 0. The zero-order valence-electron chi connectivity index (χ0n) is 8.52. The largest absolute Gasteiger partial charge is 0.769 e. The Bertz CT molecular complexity index is 639. The molecular formula is C7H6N5O6-3. The summed E-state index contributed by atoms with van der Waals surface area (Å²) < 4.78 is 0. The molecule has 1 aromatic carbocycles. The lowest BCUT2D eigenvalue weighted by molar-refractivity contribution is 0.0299. The van der Waals surface area contributed by atoms with Crippen LogP contribution in [0.3, 0.4) is 0 Å². The smallest absolute Gasteiger partial charge is 0.308 e. The molecule has 2 aromatic rings. The van der Waals surface area contributed by atoms with Crippen LogP contribution >= 0.6 is 0 Å². The van der Waals surface area contributed by atoms with Crippen LogP contribution in [0.25, 0.3) is 10.9 Å². The van der Waals surface area contributed by atoms with Crippen molar-refractivity contribution in [2.24, 2.45) is 0 Å². The number of hydrogen-bond donors (Lipinski definition) is 4. The summed E-state index contributed by atoms with van der Waals surface area (Å²) in [7, 11) is 0. The third-order valence-electron chi connectivity index (χ3n) is 2.27. The van der Waals surface area contributed by atoms with Gasteiger partial charge < -0.3 is 26.1 Å². The molecule has 11 heteroatoms. The average Bonchev–Trinajstić information content (AvgIpc) is 2.70. The molecule has 1 aromatic heterocycles. The van der Waals surface area contributed by atoms with Crippen LogP contribution in [0.15, 0.2) is 12.1 Å². The van der Waals surface area contributed by atoms with Crippen molar-refractivity contribution in [1.29, 1.82) is 0 Å². The predicted octanol–water partition coefficient (Wildman–Crippen LogP) is -0.349. The van der Waals surface area contributed by atoms with Crippen molar-refractivity contribution in [2.45, 2.75) is 0 Å². The van der Waals surface area contributed by atoms with E-state index in [2.05, 4.69) is 10.2 Å². The van der Waals surface area contributed by atoms with E-state index in [0.717, 1.165) is 12.1 Å². The molecule has 0 saturated carbocycles. The molecule has 11 nitrogen and oxygen atoms in total. The molecule has 0 saturated heterocycles. The fourth-order valence-electron chi connectivity index (χ4n) is 1.53. The molecule has 18 heavy (non-hydrogen) atoms. The van der Waals surface area contributed by atoms with Crippen molar-refractivity contribution in [1.82, 2.24) is 15.1 Å². The minimum Gasteiger partial charge on any atom is -0.769 e. The maximum absolute atomic E-state index is 10.7. The van der Waals surface area contributed by atoms with Crippen molar-refractivity contribution in [3.63, 3.8) is 0 Å². The number of nitrogens with one attached hydrogen (secondary N) is 2. The van der Waals surface area contributed by atoms with Gasteiger partial charge in [-0.25, -0.2) is 5.10 Å². The van der Waals surface area contributed by atoms with E-state index in [1.54, 1.807) is 0 Å². The number of nitrogens with zero attached hydrogens (tertiary/aromatic N) is 3. The van der Waals surface area contributed by atoms with Crippen LogP contribution in [-0.4, -0.2) is 20.6 Å². The number of hydrogen-bond acceptors (Lipinski definition) is 8. The van der Waals surface area contributed by atoms with E-state index in [9.17, 15) is 20.8 Å². The molecule has 0 aliphatic carbocycles. The summed E-state index contributed by atoms with van der Waals surface area (Å²) in [6.07, 6.45) is 0. The topological polar surface area (TPSA) is 174 Å². The molecule has 0 aliphatic rings. The zero-order chi connectivity index (χ0) is 13.4. The Labute approximate surface area is 97.6 Å². The van der Waals surface area contributed by atoms with Crippen LogP contribution in [0.4, 0.5) is 11.4 Å². The Hall–Kier alpha value is -2.47. The molecule has 1 heterocycles. The number of fused-ring (bicyclic) bond motifs is 1. The van der Waals surface area contributed by atoms with E-state index in [-0.39, 0.29) is 21.8 Å². The molecule has 0 atom stereocenters. The van der Waals surface area contributed by atoms with Gasteiger partial charge in [0.05, 0.1) is 5.39 Å². The zero-order valence-corrected chi connectivity index (χ0v) is 8.52. The lowest BCUT2D eigenvalue weighted by atomic mass is 10.2. The van der Waals surface area contributed by atoms with Crippen molar-refractivity contribution < 1.29 is 10.4 Å². The van der Waals surface area contributed by atoms with E-state index < -0.39 is 21.3 Å². The van der Waals surface area contributed by atoms with Crippen molar-refractivity contribution in [2.75, 3.05) is 10.5 Å². The maximum Gasteiger partial charge on any atom is 0.308 e. The quantitative estimate of drug-likeness (QED) is 0.527. The van der Waals surface area contributed by atoms with Gasteiger partial charge >= 0.3 is 5.49 Å². The molecule has 2 rings (SSSR count). The minimum absolute atomic E-state index is 0.0442. The van der Waals surface area contributed by atoms with Crippen LogP contribution in [0, 0.1) is 20.8 Å². The highest BCUT2D eigenvalue weighted by atomic mass is 16.8. The Kier molecular flexibility index (Phi) is 2.72. The highest BCUT2D eigenvalue weighted by Gasteiger charge is 2.14. The predicted molar refractivity (Wildman–Crippen MR) is 59.9 cm³/mol. The first-order chi connectivity index (χ1) is 8.41. The summed E-state index contributed by atoms with van der Waals surface area (Å²) in [5.74, 6) is 0. The first-order valence-corrected chi connectivity index (χ1v) is 4.46. The standard InChI is InChI=1S/C7H6N5O6/c13-10(14)3-1-4-6(5(2-3)11(15)16)8-9-7(4)12(17)18/h1-2,8-9,15-16H/q-3. The second-order valence-corrected chi connectivity index (χ2v) is 3.29. The highest BCUT2D eigenvalue weighted by Crippen LogP contribution is 2.27. The van der Waals surface area contributed by atoms with Gasteiger partial charge in [0.1, 0.15) is 11.2 Å². The average molecular weight is 256 g/mol. The summed E-state index contributed by atoms with van der Waals surface area (Å²) >= 11 is 0. The van der Waals surface area contributed by atoms with Gasteiger partial charge in [0, 0.05) is 5.69 Å². The molecule has 0 fully saturated rings. The van der Waals surface area contributed by atoms with Gasteiger partial charge in [-0.15, -0.1) is 5.23 Å². The maximum atomic E-state index is 10.7. The summed E-state index contributed by atoms with van der Waals surface area (Å²) in [4.78, 5) is -0.786. The van der Waals surface area contributed by atoms with Crippen molar-refractivity contribution in [3.05, 3.63) is 38.4 Å². The molecule has 0 unspecified atom stereocenters. The molecule has 98 valence electrons. The first-order valence-electron chi connectivity index (χ1n) is 4.46. The molecule has 0 aliphatic heterocycles. The number of anilines is 2. The van der Waals surface area contributed by atoms with Gasteiger partial charge in [-0.3, -0.25) is 15.3 Å². The summed E-state index contributed by atoms with van der Waals surface area (Å²) in [5.41, 5.74) is -1.46. The van der Waals surface area contributed by atoms with Gasteiger partial charge in [-0.05, 0) is 12.1 Å². The van der Waals surface area contributed by atoms with E-state index in [4.69, 9.17) is 10.4 Å². The Morgan fingerprint density at radius 1 is 1.11 bits per heavy atom. The summed E-state index contributed by atoms with van der Waals surface area (Å²) in [5, 5.41) is 63.8. The lowest BCUT2D eigenvalue weighted by Crippen LogP contribution is -2.20. The SMILES string of the molecule is [O-]N([O-])c1cc(N(O)O)c2[nH][nH]c(=[N+]([O-])[O-])c2c1. The second kappa shape index (κ2) is 4.08. The van der Waals surface area contributed by atoms with E-state index >= 15 is 0 Å². The van der Waals surface area contributed by atoms with E-state index in [1.807, 2.05) is 0 Å². The Balaban J connectivity index is 2.89. The summed E-state index contributed by atoms with van der Waals surface area (Å²) in [6, 6.07) is 1.81. The fourth-order valence-corrected chi connectivity index (χ4v) is 1.53. The minimum atomic E-state index is -0.802. The molecular weight excluding hydrogens is 250 g/mol. The van der Waals surface area contributed by atoms with Gasteiger partial charge in [0.15, 0.2) is 0 Å². The van der Waals surface area contributed by atoms with E-state index in [1.165, 1.54) is 0 Å². The first kappa shape index (κ1) is 12.0. The molecule has 0 radical (unpaired) electrons. The fraction of sp³-hybridized carbons (Fsp3) is 0. The van der Waals surface area contributed by atoms with Crippen LogP contribution < -0.4 is 20.8 Å². The van der Waals surface area contributed by atoms with Crippen molar-refractivity contribution >= 4 is 22.3 Å². The van der Waals surface area contributed by atoms with Crippen LogP contribution in [0.2, 0.25) is 0 Å². The lowest BCUT2D eigenvalue weighted by Gasteiger charge is -2.37. The highest BCUT2D eigenvalue weighted by molar-refractivity contribution is 5.93. The van der Waals surface area contributed by atoms with Crippen molar-refractivity contribution in [3.8, 4) is 0 Å². The third-order valence-corrected chi connectivity index (χ3v) is 2.27. The van der Waals surface area contributed by atoms with Crippen LogP contribution in [0.1, 0.15) is 0 Å². The number of aromatic nitrogens is 2. The molecule has 0 spiro atoms. The van der Waals surface area contributed by atoms with Gasteiger partial charge in [-0.2, -0.15) is 5.10 Å².